The summed E-state index contributed by atoms with van der Waals surface area (Å²) in [6.07, 6.45) is 0.266. The van der Waals surface area contributed by atoms with Crippen LogP contribution in [0.25, 0.3) is 0 Å². The number of hydrogen-bond acceptors (Lipinski definition) is 3. The van der Waals surface area contributed by atoms with Gasteiger partial charge in [0.2, 0.25) is 0 Å². The van der Waals surface area contributed by atoms with Crippen molar-refractivity contribution >= 4 is 11.7 Å². The van der Waals surface area contributed by atoms with Gasteiger partial charge in [-0.2, -0.15) is 0 Å². The molecule has 0 saturated carbocycles. The van der Waals surface area contributed by atoms with Crippen molar-refractivity contribution in [1.82, 2.24) is 0 Å². The molecule has 0 bridgehead atoms. The van der Waals surface area contributed by atoms with Gasteiger partial charge in [0.15, 0.2) is 0 Å². The lowest BCUT2D eigenvalue weighted by molar-refractivity contribution is -0.138. The molecule has 1 aromatic rings. The number of para-hydroxylation sites is 1. The topological polar surface area (TPSA) is 89.3 Å². The molecule has 0 aromatic heterocycles. The maximum atomic E-state index is 10.4. The van der Waals surface area contributed by atoms with E-state index in [0.717, 1.165) is 5.56 Å². The monoisotopic (exact) mass is 180 g/mol. The second-order valence-corrected chi connectivity index (χ2v) is 2.85. The number of benzene rings is 1. The summed E-state index contributed by atoms with van der Waals surface area (Å²) in [7, 11) is 0. The third kappa shape index (κ3) is 2.45. The number of carboxylic acid groups (broad SMARTS) is 1. The third-order valence-electron chi connectivity index (χ3n) is 1.81. The van der Waals surface area contributed by atoms with Crippen molar-refractivity contribution in [2.75, 3.05) is 5.73 Å². The maximum Gasteiger partial charge on any atom is 0.320 e. The van der Waals surface area contributed by atoms with Crippen LogP contribution < -0.4 is 11.5 Å². The van der Waals surface area contributed by atoms with E-state index in [9.17, 15) is 4.79 Å². The van der Waals surface area contributed by atoms with Crippen molar-refractivity contribution in [2.24, 2.45) is 5.73 Å². The molecule has 1 aromatic carbocycles. The van der Waals surface area contributed by atoms with Crippen LogP contribution >= 0.6 is 0 Å². The number of rotatable bonds is 3. The predicted octanol–water partition coefficient (Wildman–Crippen LogP) is 0.223. The Morgan fingerprint density at radius 1 is 1.46 bits per heavy atom. The molecular weight excluding hydrogens is 168 g/mol. The molecule has 4 heteroatoms. The Morgan fingerprint density at radius 2 is 2.08 bits per heavy atom. The zero-order chi connectivity index (χ0) is 9.84. The molecule has 1 atom stereocenters. The Bertz CT molecular complexity index is 312. The molecule has 0 amide bonds. The van der Waals surface area contributed by atoms with Gasteiger partial charge in [-0.3, -0.25) is 4.79 Å². The fourth-order valence-corrected chi connectivity index (χ4v) is 1.04. The van der Waals surface area contributed by atoms with E-state index in [-0.39, 0.29) is 6.42 Å². The summed E-state index contributed by atoms with van der Waals surface area (Å²) in [6, 6.07) is 6.22. The minimum absolute atomic E-state index is 0.266. The van der Waals surface area contributed by atoms with Crippen LogP contribution in [-0.4, -0.2) is 17.1 Å². The highest BCUT2D eigenvalue weighted by Gasteiger charge is 2.12. The molecule has 0 aliphatic heterocycles. The lowest BCUT2D eigenvalue weighted by Gasteiger charge is -2.08. The highest BCUT2D eigenvalue weighted by Crippen LogP contribution is 2.11. The molecule has 0 saturated heterocycles. The van der Waals surface area contributed by atoms with E-state index in [0.29, 0.717) is 5.69 Å². The normalized spacial score (nSPS) is 12.4. The van der Waals surface area contributed by atoms with Crippen LogP contribution in [-0.2, 0) is 11.2 Å². The van der Waals surface area contributed by atoms with Crippen LogP contribution in [0.15, 0.2) is 24.3 Å². The lowest BCUT2D eigenvalue weighted by atomic mass is 10.1. The number of carboxylic acids is 1. The molecule has 0 radical (unpaired) electrons. The van der Waals surface area contributed by atoms with Crippen molar-refractivity contribution < 1.29 is 9.90 Å². The Balaban J connectivity index is 2.74. The largest absolute Gasteiger partial charge is 0.480 e. The van der Waals surface area contributed by atoms with Gasteiger partial charge in [0.25, 0.3) is 0 Å². The molecule has 13 heavy (non-hydrogen) atoms. The van der Waals surface area contributed by atoms with E-state index in [1.165, 1.54) is 0 Å². The zero-order valence-electron chi connectivity index (χ0n) is 7.10. The minimum atomic E-state index is -1.01. The Labute approximate surface area is 76.2 Å². The highest BCUT2D eigenvalue weighted by molar-refractivity contribution is 5.74. The maximum absolute atomic E-state index is 10.4. The molecule has 0 aliphatic carbocycles. The fourth-order valence-electron chi connectivity index (χ4n) is 1.04. The highest BCUT2D eigenvalue weighted by atomic mass is 16.4. The van der Waals surface area contributed by atoms with Crippen LogP contribution in [0, 0.1) is 0 Å². The summed E-state index contributed by atoms with van der Waals surface area (Å²) in [5.74, 6) is -1.01. The number of aliphatic carboxylic acids is 1. The molecule has 5 N–H and O–H groups in total. The van der Waals surface area contributed by atoms with Crippen LogP contribution in [0.4, 0.5) is 5.69 Å². The van der Waals surface area contributed by atoms with Gasteiger partial charge in [0.1, 0.15) is 6.04 Å². The second-order valence-electron chi connectivity index (χ2n) is 2.85. The van der Waals surface area contributed by atoms with Gasteiger partial charge in [0.05, 0.1) is 0 Å². The summed E-state index contributed by atoms with van der Waals surface area (Å²) >= 11 is 0. The van der Waals surface area contributed by atoms with Crippen LogP contribution in [0.5, 0.6) is 0 Å². The fraction of sp³-hybridized carbons (Fsp3) is 0.222. The Morgan fingerprint density at radius 3 is 2.62 bits per heavy atom. The van der Waals surface area contributed by atoms with Gasteiger partial charge >= 0.3 is 5.97 Å². The van der Waals surface area contributed by atoms with Gasteiger partial charge in [-0.1, -0.05) is 18.2 Å². The van der Waals surface area contributed by atoms with E-state index in [1.54, 1.807) is 24.3 Å². The Hall–Kier alpha value is -1.55. The van der Waals surface area contributed by atoms with E-state index in [2.05, 4.69) is 0 Å². The van der Waals surface area contributed by atoms with Gasteiger partial charge in [-0.05, 0) is 11.6 Å². The van der Waals surface area contributed by atoms with E-state index < -0.39 is 12.0 Å². The van der Waals surface area contributed by atoms with Crippen molar-refractivity contribution in [3.05, 3.63) is 29.8 Å². The molecule has 0 aliphatic rings. The molecule has 70 valence electrons. The number of nitrogen functional groups attached to an aromatic ring is 1. The quantitative estimate of drug-likeness (QED) is 0.580. The van der Waals surface area contributed by atoms with Crippen LogP contribution in [0.1, 0.15) is 5.56 Å². The second kappa shape index (κ2) is 3.91. The third-order valence-corrected chi connectivity index (χ3v) is 1.81. The summed E-state index contributed by atoms with van der Waals surface area (Å²) < 4.78 is 0. The van der Waals surface area contributed by atoms with Gasteiger partial charge in [0, 0.05) is 12.1 Å². The van der Waals surface area contributed by atoms with Crippen molar-refractivity contribution in [3.8, 4) is 0 Å². The van der Waals surface area contributed by atoms with E-state index >= 15 is 0 Å². The van der Waals surface area contributed by atoms with Crippen molar-refractivity contribution in [2.45, 2.75) is 12.5 Å². The molecule has 0 fully saturated rings. The average Bonchev–Trinajstić information content (AvgIpc) is 2.08. The van der Waals surface area contributed by atoms with E-state index in [4.69, 9.17) is 16.6 Å². The van der Waals surface area contributed by atoms with Crippen molar-refractivity contribution in [3.63, 3.8) is 0 Å². The molecule has 4 nitrogen and oxygen atoms in total. The molecule has 0 spiro atoms. The van der Waals surface area contributed by atoms with Gasteiger partial charge < -0.3 is 16.6 Å². The molecule has 1 rings (SSSR count). The zero-order valence-corrected chi connectivity index (χ0v) is 7.10. The van der Waals surface area contributed by atoms with Crippen LogP contribution in [0.2, 0.25) is 0 Å². The summed E-state index contributed by atoms with van der Waals surface area (Å²) in [4.78, 5) is 10.4. The molecule has 0 heterocycles. The Kier molecular flexibility index (Phi) is 2.87. The first-order chi connectivity index (χ1) is 6.11. The van der Waals surface area contributed by atoms with Crippen LogP contribution in [0.3, 0.4) is 0 Å². The summed E-state index contributed by atoms with van der Waals surface area (Å²) in [5.41, 5.74) is 12.3. The van der Waals surface area contributed by atoms with Crippen molar-refractivity contribution in [1.29, 1.82) is 0 Å². The van der Waals surface area contributed by atoms with Gasteiger partial charge in [-0.15, -0.1) is 0 Å². The first kappa shape index (κ1) is 9.54. The first-order valence-electron chi connectivity index (χ1n) is 3.93. The number of anilines is 1. The first-order valence-corrected chi connectivity index (χ1v) is 3.93. The lowest BCUT2D eigenvalue weighted by Crippen LogP contribution is -2.32. The molecular formula is C9H12N2O2. The predicted molar refractivity (Wildman–Crippen MR) is 50.2 cm³/mol. The summed E-state index contributed by atoms with van der Waals surface area (Å²) in [6.45, 7) is 0. The van der Waals surface area contributed by atoms with Gasteiger partial charge in [-0.25, -0.2) is 0 Å². The number of carbonyl (C=O) groups is 1. The number of nitrogens with two attached hydrogens (primary N) is 2. The standard InChI is InChI=1S/C9H12N2O2/c10-7-4-2-1-3-6(7)5-8(11)9(12)13/h1-4,8H,5,10-11H2,(H,12,13)/t8-/m0/s1. The summed E-state index contributed by atoms with van der Waals surface area (Å²) in [5, 5.41) is 8.57. The molecule has 0 unspecified atom stereocenters. The smallest absolute Gasteiger partial charge is 0.320 e. The average molecular weight is 180 g/mol. The minimum Gasteiger partial charge on any atom is -0.480 e. The van der Waals surface area contributed by atoms with E-state index in [1.807, 2.05) is 0 Å². The SMILES string of the molecule is Nc1ccccc1C[C@H](N)C(=O)O. The number of hydrogen-bond donors (Lipinski definition) is 3.